The second-order valence-electron chi connectivity index (χ2n) is 22.2. The number of ether oxygens (including phenoxy) is 1. The Kier molecular flexibility index (Phi) is 27.0. The molecule has 0 bridgehead atoms. The molecule has 0 fully saturated rings. The van der Waals surface area contributed by atoms with Crippen LogP contribution in [-0.4, -0.2) is 26.1 Å². The Hall–Kier alpha value is -9.35. The quantitative estimate of drug-likeness (QED) is 0.0897. The molecule has 2 aliphatic heterocycles. The topological polar surface area (TPSA) is 49.7 Å². The average molecular weight is 1640 g/mol. The van der Waals surface area contributed by atoms with E-state index in [4.69, 9.17) is 4.74 Å². The monoisotopic (exact) mass is 1640 g/mol. The van der Waals surface area contributed by atoms with Crippen molar-refractivity contribution in [1.82, 2.24) is 19.1 Å². The molecule has 2 aliphatic rings. The van der Waals surface area contributed by atoms with Crippen LogP contribution < -0.4 is 9.80 Å². The van der Waals surface area contributed by atoms with Crippen LogP contribution in [0.3, 0.4) is 0 Å². The Morgan fingerprint density at radius 1 is 0.357 bits per heavy atom. The molecule has 4 radical (unpaired) electrons. The fraction of sp³-hybridized carbons (Fsp3) is 0.0233. The third-order valence-electron chi connectivity index (χ3n) is 15.9. The minimum atomic E-state index is 0. The van der Waals surface area contributed by atoms with Gasteiger partial charge >= 0.3 is 39.0 Å². The van der Waals surface area contributed by atoms with Gasteiger partial charge in [0, 0.05) is 79.7 Å². The van der Waals surface area contributed by atoms with Gasteiger partial charge in [-0.15, -0.1) is 83.2 Å². The first kappa shape index (κ1) is 72.9. The van der Waals surface area contributed by atoms with Gasteiger partial charge < -0.3 is 19.4 Å². The molecular formula is C86H64N6ORh4S-2. The maximum absolute atomic E-state index is 5.69. The normalized spacial score (nSPS) is 11.7. The molecule has 0 unspecified atom stereocenters. The van der Waals surface area contributed by atoms with Gasteiger partial charge in [0.1, 0.15) is 5.76 Å². The molecule has 16 rings (SSSR count). The molecule has 0 amide bonds. The van der Waals surface area contributed by atoms with Crippen molar-refractivity contribution in [2.45, 2.75) is 0 Å². The van der Waals surface area contributed by atoms with Gasteiger partial charge in [0.2, 0.25) is 0 Å². The molecule has 14 aromatic rings. The van der Waals surface area contributed by atoms with E-state index in [-0.39, 0.29) is 77.9 Å². The van der Waals surface area contributed by atoms with E-state index in [1.54, 1.807) is 6.73 Å². The molecule has 12 aromatic carbocycles. The van der Waals surface area contributed by atoms with Gasteiger partial charge in [0.25, 0.3) is 0 Å². The number of aryl methyl sites for hydroxylation is 1. The first-order valence-corrected chi connectivity index (χ1v) is 31.8. The molecule has 0 N–H and O–H groups in total. The zero-order valence-corrected chi connectivity index (χ0v) is 60.7. The summed E-state index contributed by atoms with van der Waals surface area (Å²) >= 11 is 1.53. The number of rotatable bonds is 12. The van der Waals surface area contributed by atoms with Crippen molar-refractivity contribution in [3.8, 4) is 88.7 Å². The van der Waals surface area contributed by atoms with Gasteiger partial charge in [-0.2, -0.15) is 67.3 Å². The summed E-state index contributed by atoms with van der Waals surface area (Å²) in [4.78, 5) is 7.34. The molecule has 0 saturated carbocycles. The molecular weight excluding hydrogens is 1580 g/mol. The van der Waals surface area contributed by atoms with Gasteiger partial charge in [-0.3, -0.25) is 4.68 Å². The van der Waals surface area contributed by atoms with Crippen molar-refractivity contribution < 1.29 is 82.6 Å². The number of hydrogen-bond acceptors (Lipinski definition) is 7. The molecule has 0 saturated heterocycles. The maximum atomic E-state index is 5.69. The van der Waals surface area contributed by atoms with Crippen molar-refractivity contribution in [2.24, 2.45) is 7.05 Å². The average Bonchev–Trinajstić information content (AvgIpc) is 1.60. The van der Waals surface area contributed by atoms with E-state index < -0.39 is 0 Å². The van der Waals surface area contributed by atoms with Crippen LogP contribution in [0.2, 0.25) is 0 Å². The molecule has 0 atom stereocenters. The molecule has 12 heteroatoms. The summed E-state index contributed by atoms with van der Waals surface area (Å²) in [5.74, 6) is 0.835. The van der Waals surface area contributed by atoms with Crippen LogP contribution in [0.5, 0.6) is 0 Å². The van der Waals surface area contributed by atoms with E-state index in [2.05, 4.69) is 276 Å². The Morgan fingerprint density at radius 2 is 0.735 bits per heavy atom. The summed E-state index contributed by atoms with van der Waals surface area (Å²) in [6.45, 7) is 3.78. The van der Waals surface area contributed by atoms with E-state index >= 15 is 0 Å². The van der Waals surface area contributed by atoms with Crippen LogP contribution >= 0.6 is 11.5 Å². The smallest absolute Gasteiger partial charge is 0.640 e. The Bertz CT molecular complexity index is 4730. The first-order chi connectivity index (χ1) is 46.4. The summed E-state index contributed by atoms with van der Waals surface area (Å²) < 4.78 is 12.2. The zero-order chi connectivity index (χ0) is 63.7. The Morgan fingerprint density at radius 3 is 1.17 bits per heavy atom. The van der Waals surface area contributed by atoms with Gasteiger partial charge in [-0.1, -0.05) is 237 Å². The van der Waals surface area contributed by atoms with Crippen LogP contribution in [0.1, 0.15) is 11.1 Å². The van der Waals surface area contributed by atoms with Crippen molar-refractivity contribution >= 4 is 34.4 Å². The number of benzene rings is 12. The van der Waals surface area contributed by atoms with Crippen molar-refractivity contribution in [3.05, 3.63) is 389 Å². The SMILES string of the molecule is CN1[CH-]N(c2[c-]cccc2)C=C1c1ccc(-c2ccccc2)cc1.Cn1nc(-c2[c-]cccc2)cc1-c1ccc(-c2ccccc2)cc1.[Rh+2].[Rh+2].[Rh].[Rh].[c-]1ccccc1-c1cc(-c2ccc(-c3ccccc3)cc2)sn1.[c-]1ccccc1N1C=C(c2ccc(-c3ccccc3)cc2)O[CH-]1. The fourth-order valence-corrected chi connectivity index (χ4v) is 11.7. The predicted octanol–water partition coefficient (Wildman–Crippen LogP) is 21.3. The van der Waals surface area contributed by atoms with E-state index in [1.165, 1.54) is 77.7 Å². The van der Waals surface area contributed by atoms with Crippen LogP contribution in [0.4, 0.5) is 11.4 Å². The number of hydrogen-bond donors (Lipinski definition) is 0. The van der Waals surface area contributed by atoms with Gasteiger partial charge in [0.15, 0.2) is 0 Å². The zero-order valence-electron chi connectivity index (χ0n) is 53.3. The van der Waals surface area contributed by atoms with Crippen LogP contribution in [0.25, 0.3) is 100 Å². The van der Waals surface area contributed by atoms with Gasteiger partial charge in [-0.25, -0.2) is 9.47 Å². The molecule has 7 nitrogen and oxygen atoms in total. The van der Waals surface area contributed by atoms with E-state index in [1.807, 2.05) is 138 Å². The van der Waals surface area contributed by atoms with Crippen molar-refractivity contribution in [2.75, 3.05) is 16.8 Å². The van der Waals surface area contributed by atoms with Gasteiger partial charge in [-0.05, 0) is 86.0 Å². The summed E-state index contributed by atoms with van der Waals surface area (Å²) in [7, 11) is 4.05. The molecule has 2 aromatic heterocycles. The van der Waals surface area contributed by atoms with Crippen molar-refractivity contribution in [1.29, 1.82) is 0 Å². The Balaban J connectivity index is 0.000000151. The third kappa shape index (κ3) is 18.6. The molecule has 0 aliphatic carbocycles. The summed E-state index contributed by atoms with van der Waals surface area (Å²) in [5, 5.41) is 4.62. The van der Waals surface area contributed by atoms with Crippen LogP contribution in [-0.2, 0) is 89.7 Å². The molecule has 4 heterocycles. The molecule has 98 heavy (non-hydrogen) atoms. The number of para-hydroxylation sites is 2. The molecule has 488 valence electrons. The fourth-order valence-electron chi connectivity index (χ4n) is 10.9. The standard InChI is InChI=1S/C22H18N2.C22H17N2.C21H15NO.C21H14NS.4Rh/c1-23-17-24(21-10-6-3-7-11-21)16-22(23)20-14-12-19(13-15-20)18-8-4-2-5-9-18;1-24-22(16-21(23-24)19-10-6-3-7-11-19)20-14-12-18(13-15-20)17-8-4-2-5-9-17;1-3-7-17(8-4-1)18-11-13-19(14-12-18)21-15-22(16-23-21)20-9-5-2-6-10-20;1-3-7-16(8-4-1)17-11-13-19(14-12-17)21-15-20(22-23-21)18-9-5-2-6-10-18;;;;/h2-10,12-17H,1H3;2-10,12-16H,1H3;1-9,11-16H;1-9,11-15H;;;;/q-2;-1;-2;-1;;;2*+2. The summed E-state index contributed by atoms with van der Waals surface area (Å²) in [6.07, 6.45) is 4.12. The largest absolute Gasteiger partial charge is 2.00 e. The third-order valence-corrected chi connectivity index (χ3v) is 16.8. The number of aromatic nitrogens is 3. The minimum Gasteiger partial charge on any atom is -0.640 e. The predicted molar refractivity (Wildman–Crippen MR) is 388 cm³/mol. The van der Waals surface area contributed by atoms with E-state index in [0.29, 0.717) is 0 Å². The Labute approximate surface area is 631 Å². The first-order valence-electron chi connectivity index (χ1n) is 31.0. The molecule has 0 spiro atoms. The van der Waals surface area contributed by atoms with E-state index in [0.717, 1.165) is 56.5 Å². The second-order valence-corrected chi connectivity index (χ2v) is 23.0. The van der Waals surface area contributed by atoms with E-state index in [9.17, 15) is 0 Å². The number of nitrogens with zero attached hydrogens (tertiary/aromatic N) is 6. The van der Waals surface area contributed by atoms with Crippen molar-refractivity contribution in [3.63, 3.8) is 0 Å². The van der Waals surface area contributed by atoms with Crippen LogP contribution in [0.15, 0.2) is 340 Å². The van der Waals surface area contributed by atoms with Gasteiger partial charge in [0.05, 0.1) is 5.69 Å². The summed E-state index contributed by atoms with van der Waals surface area (Å²) in [5.41, 5.74) is 22.7. The summed E-state index contributed by atoms with van der Waals surface area (Å²) in [6, 6.07) is 125. The minimum absolute atomic E-state index is 0. The van der Waals surface area contributed by atoms with Crippen LogP contribution in [0, 0.1) is 37.7 Å². The second kappa shape index (κ2) is 36.3. The number of anilines is 2. The maximum Gasteiger partial charge on any atom is 2.00 e.